The summed E-state index contributed by atoms with van der Waals surface area (Å²) in [4.78, 5) is 12.9. The summed E-state index contributed by atoms with van der Waals surface area (Å²) in [7, 11) is 0. The van der Waals surface area contributed by atoms with E-state index in [0.29, 0.717) is 12.3 Å². The molecule has 0 spiro atoms. The van der Waals surface area contributed by atoms with Gasteiger partial charge in [-0.15, -0.1) is 0 Å². The van der Waals surface area contributed by atoms with Gasteiger partial charge < -0.3 is 32.4 Å². The zero-order valence-corrected chi connectivity index (χ0v) is 29.5. The van der Waals surface area contributed by atoms with Gasteiger partial charge in [-0.1, -0.05) is 128 Å². The van der Waals surface area contributed by atoms with Gasteiger partial charge in [0, 0.05) is 18.2 Å². The van der Waals surface area contributed by atoms with E-state index in [1.165, 1.54) is 87.4 Å². The highest BCUT2D eigenvalue weighted by molar-refractivity contribution is 7.07. The molecule has 0 fully saturated rings. The van der Waals surface area contributed by atoms with Crippen molar-refractivity contribution in [3.05, 3.63) is 70.2 Å². The zero-order valence-electron chi connectivity index (χ0n) is 27.1. The van der Waals surface area contributed by atoms with Crippen LogP contribution in [0.3, 0.4) is 0 Å². The summed E-state index contributed by atoms with van der Waals surface area (Å²) >= 11 is 1.70. The molecule has 0 aliphatic rings. The summed E-state index contributed by atoms with van der Waals surface area (Å²) in [5.74, 6) is 0.735. The largest absolute Gasteiger partial charge is 1.00 e. The quantitative estimate of drug-likeness (QED) is 0.109. The highest BCUT2D eigenvalue weighted by atomic mass is 79.9. The second kappa shape index (κ2) is 19.8. The Bertz CT molecular complexity index is 1200. The van der Waals surface area contributed by atoms with Gasteiger partial charge in [-0.05, 0) is 41.7 Å². The summed E-state index contributed by atoms with van der Waals surface area (Å²) in [6, 6.07) is 13.9. The lowest BCUT2D eigenvalue weighted by molar-refractivity contribution is -0.689. The van der Waals surface area contributed by atoms with Crippen LogP contribution >= 0.6 is 11.3 Å². The Morgan fingerprint density at radius 1 is 0.837 bits per heavy atom. The minimum absolute atomic E-state index is 0. The number of unbranched alkanes of at least 4 members (excludes halogenated alkanes) is 11. The lowest BCUT2D eigenvalue weighted by Crippen LogP contribution is -3.00. The van der Waals surface area contributed by atoms with Gasteiger partial charge in [0.05, 0.1) is 17.7 Å². The van der Waals surface area contributed by atoms with Crippen LogP contribution in [-0.4, -0.2) is 12.6 Å². The highest BCUT2D eigenvalue weighted by Gasteiger charge is 2.17. The molecule has 1 aromatic heterocycles. The molecule has 0 radical (unpaired) electrons. The fourth-order valence-corrected chi connectivity index (χ4v) is 5.81. The molecular formula is C36H54BrN3O2S. The van der Waals surface area contributed by atoms with Crippen molar-refractivity contribution in [1.82, 2.24) is 0 Å². The van der Waals surface area contributed by atoms with Gasteiger partial charge in [-0.25, -0.2) is 4.79 Å². The van der Waals surface area contributed by atoms with Crippen LogP contribution in [0.4, 0.5) is 16.2 Å². The van der Waals surface area contributed by atoms with Crippen LogP contribution < -0.4 is 36.9 Å². The van der Waals surface area contributed by atoms with Crippen LogP contribution in [0.1, 0.15) is 122 Å². The first-order chi connectivity index (χ1) is 20.3. The van der Waals surface area contributed by atoms with Gasteiger partial charge >= 0.3 is 6.03 Å². The summed E-state index contributed by atoms with van der Waals surface area (Å²) < 4.78 is 8.47. The fourth-order valence-electron chi connectivity index (χ4n) is 5.03. The lowest BCUT2D eigenvalue weighted by Gasteiger charge is -2.22. The second-order valence-corrected chi connectivity index (χ2v) is 13.3. The molecule has 7 heteroatoms. The van der Waals surface area contributed by atoms with Crippen molar-refractivity contribution in [2.75, 3.05) is 17.2 Å². The predicted molar refractivity (Wildman–Crippen MR) is 179 cm³/mol. The van der Waals surface area contributed by atoms with Gasteiger partial charge in [0.2, 0.25) is 5.51 Å². The van der Waals surface area contributed by atoms with Crippen LogP contribution in [0.15, 0.2) is 53.4 Å². The lowest BCUT2D eigenvalue weighted by atomic mass is 9.87. The van der Waals surface area contributed by atoms with E-state index >= 15 is 0 Å². The molecule has 0 bridgehead atoms. The number of nitrogens with zero attached hydrogens (tertiary/aromatic N) is 1. The van der Waals surface area contributed by atoms with Crippen molar-refractivity contribution < 1.29 is 31.1 Å². The number of benzene rings is 2. The maximum atomic E-state index is 12.9. The number of hydrogen-bond donors (Lipinski definition) is 2. The maximum Gasteiger partial charge on any atom is 0.323 e. The molecule has 0 unspecified atom stereocenters. The number of thiazole rings is 1. The monoisotopic (exact) mass is 671 g/mol. The smallest absolute Gasteiger partial charge is 0.323 e. The van der Waals surface area contributed by atoms with Crippen molar-refractivity contribution in [3.8, 4) is 5.75 Å². The number of carbonyl (C=O) groups is 1. The van der Waals surface area contributed by atoms with Crippen molar-refractivity contribution >= 4 is 28.7 Å². The third-order valence-electron chi connectivity index (χ3n) is 7.80. The third kappa shape index (κ3) is 13.9. The average molecular weight is 673 g/mol. The Morgan fingerprint density at radius 2 is 1.44 bits per heavy atom. The molecule has 0 saturated carbocycles. The Hall–Kier alpha value is -2.38. The second-order valence-electron chi connectivity index (χ2n) is 12.6. The van der Waals surface area contributed by atoms with E-state index in [1.807, 2.05) is 18.2 Å². The molecule has 5 nitrogen and oxygen atoms in total. The molecule has 2 N–H and O–H groups in total. The van der Waals surface area contributed by atoms with Crippen molar-refractivity contribution in [3.63, 3.8) is 0 Å². The first kappa shape index (κ1) is 36.8. The van der Waals surface area contributed by atoms with E-state index in [9.17, 15) is 4.79 Å². The van der Waals surface area contributed by atoms with Crippen LogP contribution in [0, 0.1) is 6.92 Å². The van der Waals surface area contributed by atoms with Gasteiger partial charge in [-0.2, -0.15) is 4.57 Å². The number of ether oxygens (including phenoxy) is 1. The van der Waals surface area contributed by atoms with E-state index in [0.717, 1.165) is 24.4 Å². The van der Waals surface area contributed by atoms with Crippen molar-refractivity contribution in [1.29, 1.82) is 0 Å². The minimum atomic E-state index is -0.274. The molecule has 43 heavy (non-hydrogen) atoms. The molecule has 3 aromatic rings. The van der Waals surface area contributed by atoms with E-state index in [2.05, 4.69) is 85.0 Å². The number of urea groups is 1. The summed E-state index contributed by atoms with van der Waals surface area (Å²) in [5.41, 5.74) is 7.20. The van der Waals surface area contributed by atoms with Gasteiger partial charge in [0.25, 0.3) is 0 Å². The topological polar surface area (TPSA) is 54.2 Å². The van der Waals surface area contributed by atoms with E-state index < -0.39 is 0 Å². The minimum Gasteiger partial charge on any atom is -1.00 e. The van der Waals surface area contributed by atoms with Crippen LogP contribution in [0.2, 0.25) is 0 Å². The fraction of sp³-hybridized carbons (Fsp3) is 0.556. The average Bonchev–Trinajstić information content (AvgIpc) is 3.36. The van der Waals surface area contributed by atoms with Crippen LogP contribution in [-0.2, 0) is 12.0 Å². The highest BCUT2D eigenvalue weighted by Crippen LogP contribution is 2.32. The number of carbonyl (C=O) groups excluding carboxylic acids is 1. The standard InChI is InChI=1S/C36H53N3O2S.BrH/c1-6-7-8-9-10-11-12-13-14-15-16-17-24-41-34-25-31(36(3,4)5)20-23-33(34)38-35(40)37-32-21-18-30(19-22-32)26-39-28-42-27-29(39)2;/h18-23,25,27-28H,6-17,24,26H2,1-5H3,(H-,37,38,40);1H. The number of amides is 2. The number of aryl methyl sites for hydroxylation is 1. The number of anilines is 2. The van der Waals surface area contributed by atoms with Crippen molar-refractivity contribution in [2.24, 2.45) is 0 Å². The van der Waals surface area contributed by atoms with Gasteiger partial charge in [0.1, 0.15) is 5.75 Å². The predicted octanol–water partition coefficient (Wildman–Crippen LogP) is 7.42. The molecule has 238 valence electrons. The molecular weight excluding hydrogens is 618 g/mol. The van der Waals surface area contributed by atoms with Gasteiger partial charge in [0.15, 0.2) is 12.2 Å². The third-order valence-corrected chi connectivity index (χ3v) is 8.65. The molecule has 0 aliphatic carbocycles. The molecule has 0 atom stereocenters. The Labute approximate surface area is 275 Å². The van der Waals surface area contributed by atoms with E-state index in [4.69, 9.17) is 4.74 Å². The molecule has 2 aromatic carbocycles. The number of hydrogen-bond acceptors (Lipinski definition) is 3. The first-order valence-electron chi connectivity index (χ1n) is 16.1. The normalized spacial score (nSPS) is 11.2. The molecule has 3 rings (SSSR count). The Morgan fingerprint density at radius 3 is 2.00 bits per heavy atom. The first-order valence-corrected chi connectivity index (χ1v) is 17.1. The summed E-state index contributed by atoms with van der Waals surface area (Å²) in [6.07, 6.45) is 15.8. The van der Waals surface area contributed by atoms with Crippen LogP contribution in [0.25, 0.3) is 0 Å². The molecule has 0 saturated heterocycles. The number of nitrogens with one attached hydrogen (secondary N) is 2. The number of aromatic nitrogens is 1. The number of halogens is 1. The van der Waals surface area contributed by atoms with Gasteiger partial charge in [-0.3, -0.25) is 0 Å². The molecule has 1 heterocycles. The summed E-state index contributed by atoms with van der Waals surface area (Å²) in [5, 5.41) is 8.13. The zero-order chi connectivity index (χ0) is 30.2. The summed E-state index contributed by atoms with van der Waals surface area (Å²) in [6.45, 7) is 12.4. The SMILES string of the molecule is CCCCCCCCCCCCCCOc1cc(C(C)(C)C)ccc1NC(=O)Nc1ccc(C[n+]2cscc2C)cc1.[Br-]. The van der Waals surface area contributed by atoms with Crippen molar-refractivity contribution in [2.45, 2.75) is 124 Å². The van der Waals surface area contributed by atoms with E-state index in [-0.39, 0.29) is 28.4 Å². The maximum absolute atomic E-state index is 12.9. The molecule has 2 amide bonds. The van der Waals surface area contributed by atoms with E-state index in [1.54, 1.807) is 11.3 Å². The Kier molecular flexibility index (Phi) is 17.0. The molecule has 0 aliphatic heterocycles. The number of rotatable bonds is 18. The Balaban J connectivity index is 0.00000645. The van der Waals surface area contributed by atoms with Crippen LogP contribution in [0.5, 0.6) is 5.75 Å².